The molecule has 2 unspecified atom stereocenters. The van der Waals surface area contributed by atoms with Crippen LogP contribution in [0.15, 0.2) is 72.9 Å². The number of aliphatic hydroxyl groups excluding tert-OH is 2. The van der Waals surface area contributed by atoms with Crippen LogP contribution in [0.3, 0.4) is 0 Å². The van der Waals surface area contributed by atoms with Gasteiger partial charge in [0.25, 0.3) is 0 Å². The Morgan fingerprint density at radius 2 is 1.70 bits per heavy atom. The third kappa shape index (κ3) is 4.09. The van der Waals surface area contributed by atoms with Crippen molar-refractivity contribution < 1.29 is 19.7 Å². The Hall–Kier alpha value is -3.32. The van der Waals surface area contributed by atoms with Gasteiger partial charge in [0.05, 0.1) is 0 Å². The lowest BCUT2D eigenvalue weighted by molar-refractivity contribution is 0.0194. The predicted octanol–water partition coefficient (Wildman–Crippen LogP) is 4.75. The highest BCUT2D eigenvalue weighted by Gasteiger charge is 2.29. The summed E-state index contributed by atoms with van der Waals surface area (Å²) in [5.74, 6) is -0.0447. The summed E-state index contributed by atoms with van der Waals surface area (Å²) in [7, 11) is 0. The number of carbonyl (C=O) groups excluding carboxylic acids is 1. The second-order valence-electron chi connectivity index (χ2n) is 8.15. The number of benzene rings is 3. The molecular formula is C26H23ClN2O4. The molecule has 3 aromatic carbocycles. The summed E-state index contributed by atoms with van der Waals surface area (Å²) < 4.78 is 5.48. The summed E-state index contributed by atoms with van der Waals surface area (Å²) in [6, 6.07) is 21.5. The molecule has 1 aromatic heterocycles. The number of aliphatic hydroxyl groups is 2. The molecule has 4 N–H and O–H groups in total. The minimum absolute atomic E-state index is 0.0447. The number of halogens is 1. The fraction of sp³-hybridized carbons (Fsp3) is 0.192. The summed E-state index contributed by atoms with van der Waals surface area (Å²) in [6.07, 6.45) is -1.41. The number of rotatable bonds is 6. The van der Waals surface area contributed by atoms with Crippen LogP contribution in [-0.2, 0) is 4.74 Å². The van der Waals surface area contributed by atoms with Crippen molar-refractivity contribution in [1.29, 1.82) is 0 Å². The highest BCUT2D eigenvalue weighted by atomic mass is 35.5. The van der Waals surface area contributed by atoms with Gasteiger partial charge >= 0.3 is 6.09 Å². The van der Waals surface area contributed by atoms with E-state index in [2.05, 4.69) is 34.6 Å². The molecular weight excluding hydrogens is 440 g/mol. The highest BCUT2D eigenvalue weighted by molar-refractivity contribution is 6.31. The average Bonchev–Trinajstić information content (AvgIpc) is 3.39. The molecule has 0 bridgehead atoms. The van der Waals surface area contributed by atoms with Gasteiger partial charge in [-0.2, -0.15) is 0 Å². The van der Waals surface area contributed by atoms with Crippen LogP contribution in [0.25, 0.3) is 22.0 Å². The highest BCUT2D eigenvalue weighted by Crippen LogP contribution is 2.44. The number of hydrogen-bond acceptors (Lipinski definition) is 4. The van der Waals surface area contributed by atoms with Gasteiger partial charge in [-0.15, -0.1) is 0 Å². The molecule has 0 fully saturated rings. The normalized spacial score (nSPS) is 14.5. The number of aromatic nitrogens is 1. The second-order valence-corrected chi connectivity index (χ2v) is 8.59. The average molecular weight is 463 g/mol. The first-order valence-electron chi connectivity index (χ1n) is 10.7. The quantitative estimate of drug-likeness (QED) is 0.332. The van der Waals surface area contributed by atoms with Crippen LogP contribution in [0.2, 0.25) is 5.02 Å². The Morgan fingerprint density at radius 1 is 1.03 bits per heavy atom. The Bertz CT molecular complexity index is 1270. The lowest BCUT2D eigenvalue weighted by atomic mass is 9.98. The van der Waals surface area contributed by atoms with Gasteiger partial charge < -0.3 is 25.3 Å². The number of nitrogens with one attached hydrogen (secondary N) is 2. The summed E-state index contributed by atoms with van der Waals surface area (Å²) >= 11 is 5.99. The van der Waals surface area contributed by atoms with E-state index in [1.54, 1.807) is 24.4 Å². The fourth-order valence-electron chi connectivity index (χ4n) is 4.52. The molecule has 6 nitrogen and oxygen atoms in total. The zero-order valence-corrected chi connectivity index (χ0v) is 18.4. The van der Waals surface area contributed by atoms with Gasteiger partial charge in [-0.05, 0) is 34.4 Å². The molecule has 0 radical (unpaired) electrons. The first-order chi connectivity index (χ1) is 16.0. The van der Waals surface area contributed by atoms with Gasteiger partial charge in [-0.3, -0.25) is 0 Å². The maximum Gasteiger partial charge on any atom is 0.407 e. The van der Waals surface area contributed by atoms with Crippen molar-refractivity contribution in [2.45, 2.75) is 18.1 Å². The molecule has 1 aliphatic rings. The van der Waals surface area contributed by atoms with Crippen molar-refractivity contribution >= 4 is 28.6 Å². The number of ether oxygens (including phenoxy) is 1. The lowest BCUT2D eigenvalue weighted by Gasteiger charge is -2.19. The number of carbonyl (C=O) groups is 1. The van der Waals surface area contributed by atoms with E-state index in [1.807, 2.05) is 24.3 Å². The van der Waals surface area contributed by atoms with Crippen LogP contribution in [0.5, 0.6) is 0 Å². The smallest absolute Gasteiger partial charge is 0.407 e. The number of hydrogen-bond donors (Lipinski definition) is 4. The molecule has 1 amide bonds. The van der Waals surface area contributed by atoms with Crippen LogP contribution in [-0.4, -0.2) is 40.5 Å². The maximum absolute atomic E-state index is 12.3. The van der Waals surface area contributed by atoms with Crippen molar-refractivity contribution in [3.63, 3.8) is 0 Å². The molecule has 33 heavy (non-hydrogen) atoms. The Labute approximate surface area is 195 Å². The van der Waals surface area contributed by atoms with Gasteiger partial charge in [0.1, 0.15) is 18.8 Å². The summed E-state index contributed by atoms with van der Waals surface area (Å²) in [5.41, 5.74) is 5.85. The van der Waals surface area contributed by atoms with E-state index in [-0.39, 0.29) is 19.1 Å². The van der Waals surface area contributed by atoms with Gasteiger partial charge in [-0.25, -0.2) is 4.79 Å². The molecule has 2 atom stereocenters. The van der Waals surface area contributed by atoms with E-state index in [0.29, 0.717) is 10.6 Å². The van der Waals surface area contributed by atoms with E-state index in [1.165, 1.54) is 0 Å². The van der Waals surface area contributed by atoms with Gasteiger partial charge in [-0.1, -0.05) is 66.2 Å². The Morgan fingerprint density at radius 3 is 2.39 bits per heavy atom. The maximum atomic E-state index is 12.3. The molecule has 0 saturated heterocycles. The number of amides is 1. The van der Waals surface area contributed by atoms with E-state index in [4.69, 9.17) is 16.3 Å². The third-order valence-corrected chi connectivity index (χ3v) is 6.39. The predicted molar refractivity (Wildman–Crippen MR) is 127 cm³/mol. The zero-order chi connectivity index (χ0) is 22.9. The number of aromatic amines is 1. The van der Waals surface area contributed by atoms with Gasteiger partial charge in [0, 0.05) is 40.1 Å². The minimum Gasteiger partial charge on any atom is -0.449 e. The molecule has 0 spiro atoms. The fourth-order valence-corrected chi connectivity index (χ4v) is 4.69. The van der Waals surface area contributed by atoms with E-state index in [9.17, 15) is 15.0 Å². The monoisotopic (exact) mass is 462 g/mol. The SMILES string of the molecule is O=C(NCC(O)C(O)c1c[nH]c2cc(Cl)ccc12)OCC1c2ccccc2-c2ccccc21. The van der Waals surface area contributed by atoms with E-state index >= 15 is 0 Å². The zero-order valence-electron chi connectivity index (χ0n) is 17.7. The van der Waals surface area contributed by atoms with E-state index in [0.717, 1.165) is 33.2 Å². The van der Waals surface area contributed by atoms with Crippen molar-refractivity contribution in [3.05, 3.63) is 94.6 Å². The Kier molecular flexibility index (Phi) is 5.81. The first kappa shape index (κ1) is 21.5. The standard InChI is InChI=1S/C26H23ClN2O4/c27-15-9-10-20-21(12-28-23(20)11-15)25(31)24(30)13-29-26(32)33-14-22-18-7-3-1-5-16(18)17-6-2-4-8-19(17)22/h1-12,22,24-25,28,30-31H,13-14H2,(H,29,32). The van der Waals surface area contributed by atoms with Crippen molar-refractivity contribution in [2.75, 3.05) is 13.2 Å². The molecule has 1 heterocycles. The van der Waals surface area contributed by atoms with Crippen LogP contribution in [0.4, 0.5) is 4.79 Å². The van der Waals surface area contributed by atoms with E-state index < -0.39 is 18.3 Å². The van der Waals surface area contributed by atoms with Crippen LogP contribution in [0.1, 0.15) is 28.7 Å². The molecule has 7 heteroatoms. The van der Waals surface area contributed by atoms with Crippen LogP contribution >= 0.6 is 11.6 Å². The van der Waals surface area contributed by atoms with Crippen molar-refractivity contribution in [2.24, 2.45) is 0 Å². The summed E-state index contributed by atoms with van der Waals surface area (Å²) in [5, 5.41) is 24.9. The topological polar surface area (TPSA) is 94.6 Å². The number of alkyl carbamates (subject to hydrolysis) is 1. The molecule has 5 rings (SSSR count). The second kappa shape index (κ2) is 8.90. The molecule has 0 aliphatic heterocycles. The van der Waals surface area contributed by atoms with Gasteiger partial charge in [0.2, 0.25) is 0 Å². The lowest BCUT2D eigenvalue weighted by Crippen LogP contribution is -2.36. The van der Waals surface area contributed by atoms with Gasteiger partial charge in [0.15, 0.2) is 0 Å². The van der Waals surface area contributed by atoms with Crippen LogP contribution in [0, 0.1) is 0 Å². The Balaban J connectivity index is 1.20. The minimum atomic E-state index is -1.21. The molecule has 1 aliphatic carbocycles. The molecule has 4 aromatic rings. The summed E-state index contributed by atoms with van der Waals surface area (Å²) in [6.45, 7) is 0.0276. The molecule has 168 valence electrons. The molecule has 0 saturated carbocycles. The largest absolute Gasteiger partial charge is 0.449 e. The van der Waals surface area contributed by atoms with Crippen molar-refractivity contribution in [3.8, 4) is 11.1 Å². The van der Waals surface area contributed by atoms with Crippen LogP contribution < -0.4 is 5.32 Å². The number of H-pyrrole nitrogens is 1. The van der Waals surface area contributed by atoms with Crippen molar-refractivity contribution in [1.82, 2.24) is 10.3 Å². The first-order valence-corrected chi connectivity index (χ1v) is 11.1. The third-order valence-electron chi connectivity index (χ3n) is 6.16. The summed E-state index contributed by atoms with van der Waals surface area (Å²) in [4.78, 5) is 15.4. The number of fused-ring (bicyclic) bond motifs is 4.